The number of nitrogens with one attached hydrogen (secondary N) is 2. The highest BCUT2D eigenvalue weighted by atomic mass is 35.5. The van der Waals surface area contributed by atoms with Gasteiger partial charge in [0.25, 0.3) is 0 Å². The molecule has 2 rings (SSSR count). The van der Waals surface area contributed by atoms with Crippen molar-refractivity contribution in [2.45, 2.75) is 25.3 Å². The van der Waals surface area contributed by atoms with Crippen molar-refractivity contribution in [1.29, 1.82) is 0 Å². The quantitative estimate of drug-likeness (QED) is 0.750. The first-order chi connectivity index (χ1) is 8.22. The van der Waals surface area contributed by atoms with Gasteiger partial charge in [-0.25, -0.2) is 0 Å². The normalized spacial score (nSPS) is 23.7. The first-order valence-electron chi connectivity index (χ1n) is 5.69. The average Bonchev–Trinajstić information content (AvgIpc) is 2.75. The van der Waals surface area contributed by atoms with E-state index in [0.29, 0.717) is 11.9 Å². The van der Waals surface area contributed by atoms with Crippen molar-refractivity contribution in [2.24, 2.45) is 5.92 Å². The second-order valence-corrected chi connectivity index (χ2v) is 4.46. The Kier molecular flexibility index (Phi) is 3.96. The van der Waals surface area contributed by atoms with Crippen molar-refractivity contribution in [3.63, 3.8) is 0 Å². The van der Waals surface area contributed by atoms with Crippen LogP contribution in [-0.2, 0) is 0 Å². The Balaban J connectivity index is 2.09. The molecule has 0 amide bonds. The molecule has 1 aliphatic rings. The Bertz CT molecular complexity index is 389. The molecule has 1 saturated carbocycles. The van der Waals surface area contributed by atoms with Crippen LogP contribution in [0.2, 0.25) is 5.28 Å². The Morgan fingerprint density at radius 2 is 2.06 bits per heavy atom. The van der Waals surface area contributed by atoms with Crippen LogP contribution in [0, 0.1) is 5.92 Å². The van der Waals surface area contributed by atoms with Crippen molar-refractivity contribution in [3.8, 4) is 0 Å². The van der Waals surface area contributed by atoms with E-state index in [4.69, 9.17) is 11.6 Å². The molecule has 1 heterocycles. The SMILES string of the molecule is CNc1nc(Cl)nc(NC2CCCC2CO)n1. The summed E-state index contributed by atoms with van der Waals surface area (Å²) < 4.78 is 0. The van der Waals surface area contributed by atoms with Crippen LogP contribution < -0.4 is 10.6 Å². The fourth-order valence-electron chi connectivity index (χ4n) is 2.14. The van der Waals surface area contributed by atoms with Crippen molar-refractivity contribution in [2.75, 3.05) is 24.3 Å². The highest BCUT2D eigenvalue weighted by Gasteiger charge is 2.27. The van der Waals surface area contributed by atoms with Crippen LogP contribution in [0.15, 0.2) is 0 Å². The molecule has 2 unspecified atom stereocenters. The highest BCUT2D eigenvalue weighted by Crippen LogP contribution is 2.27. The highest BCUT2D eigenvalue weighted by molar-refractivity contribution is 6.28. The lowest BCUT2D eigenvalue weighted by atomic mass is 10.1. The van der Waals surface area contributed by atoms with Gasteiger partial charge in [-0.3, -0.25) is 0 Å². The van der Waals surface area contributed by atoms with Crippen LogP contribution in [0.4, 0.5) is 11.9 Å². The van der Waals surface area contributed by atoms with E-state index in [1.807, 2.05) is 0 Å². The van der Waals surface area contributed by atoms with Crippen LogP contribution >= 0.6 is 11.6 Å². The first kappa shape index (κ1) is 12.3. The van der Waals surface area contributed by atoms with Gasteiger partial charge in [-0.05, 0) is 24.4 Å². The van der Waals surface area contributed by atoms with Gasteiger partial charge in [0.2, 0.25) is 17.2 Å². The number of aromatic nitrogens is 3. The van der Waals surface area contributed by atoms with Gasteiger partial charge in [-0.1, -0.05) is 6.42 Å². The minimum absolute atomic E-state index is 0.158. The molecule has 6 nitrogen and oxygen atoms in total. The van der Waals surface area contributed by atoms with Gasteiger partial charge in [0.05, 0.1) is 0 Å². The van der Waals surface area contributed by atoms with Crippen LogP contribution in [0.25, 0.3) is 0 Å². The Morgan fingerprint density at radius 3 is 2.76 bits per heavy atom. The summed E-state index contributed by atoms with van der Waals surface area (Å²) >= 11 is 5.79. The molecule has 1 aromatic rings. The Hall–Kier alpha value is -1.14. The molecular weight excluding hydrogens is 242 g/mol. The number of hydrogen-bond acceptors (Lipinski definition) is 6. The molecule has 0 bridgehead atoms. The van der Waals surface area contributed by atoms with E-state index in [2.05, 4.69) is 25.6 Å². The Labute approximate surface area is 105 Å². The maximum absolute atomic E-state index is 9.24. The number of aliphatic hydroxyl groups is 1. The molecule has 94 valence electrons. The smallest absolute Gasteiger partial charge is 0.229 e. The predicted octanol–water partition coefficient (Wildman–Crippen LogP) is 1.14. The van der Waals surface area contributed by atoms with Crippen LogP contribution in [0.5, 0.6) is 0 Å². The van der Waals surface area contributed by atoms with E-state index in [1.165, 1.54) is 0 Å². The van der Waals surface area contributed by atoms with Crippen molar-refractivity contribution < 1.29 is 5.11 Å². The minimum Gasteiger partial charge on any atom is -0.396 e. The molecule has 1 aromatic heterocycles. The van der Waals surface area contributed by atoms with E-state index in [1.54, 1.807) is 7.05 Å². The Morgan fingerprint density at radius 1 is 1.29 bits per heavy atom. The van der Waals surface area contributed by atoms with E-state index in [0.717, 1.165) is 19.3 Å². The summed E-state index contributed by atoms with van der Waals surface area (Å²) in [7, 11) is 1.72. The van der Waals surface area contributed by atoms with E-state index in [9.17, 15) is 5.11 Å². The molecule has 17 heavy (non-hydrogen) atoms. The van der Waals surface area contributed by atoms with E-state index in [-0.39, 0.29) is 23.9 Å². The number of halogens is 1. The van der Waals surface area contributed by atoms with Gasteiger partial charge in [0.1, 0.15) is 0 Å². The molecule has 0 saturated heterocycles. The topological polar surface area (TPSA) is 83.0 Å². The van der Waals surface area contributed by atoms with Crippen LogP contribution in [-0.4, -0.2) is 39.8 Å². The number of rotatable bonds is 4. The summed E-state index contributed by atoms with van der Waals surface area (Å²) in [5.41, 5.74) is 0. The molecule has 0 aromatic carbocycles. The van der Waals surface area contributed by atoms with Crippen LogP contribution in [0.3, 0.4) is 0 Å². The third kappa shape index (κ3) is 2.95. The molecule has 7 heteroatoms. The maximum Gasteiger partial charge on any atom is 0.229 e. The number of nitrogens with zero attached hydrogens (tertiary/aromatic N) is 3. The molecule has 1 aliphatic carbocycles. The summed E-state index contributed by atoms with van der Waals surface area (Å²) in [5, 5.41) is 15.4. The van der Waals surface area contributed by atoms with Gasteiger partial charge >= 0.3 is 0 Å². The number of aliphatic hydroxyl groups excluding tert-OH is 1. The van der Waals surface area contributed by atoms with Gasteiger partial charge in [-0.15, -0.1) is 0 Å². The first-order valence-corrected chi connectivity index (χ1v) is 6.07. The standard InChI is InChI=1S/C10H16ClN5O/c1-12-9-14-8(11)15-10(16-9)13-7-4-2-3-6(7)5-17/h6-7,17H,2-5H2,1H3,(H2,12,13,14,15,16). The zero-order chi connectivity index (χ0) is 12.3. The second kappa shape index (κ2) is 5.46. The molecular formula is C10H16ClN5O. The summed E-state index contributed by atoms with van der Waals surface area (Å²) in [4.78, 5) is 12.1. The fourth-order valence-corrected chi connectivity index (χ4v) is 2.30. The minimum atomic E-state index is 0.158. The van der Waals surface area contributed by atoms with Crippen LogP contribution in [0.1, 0.15) is 19.3 Å². The van der Waals surface area contributed by atoms with E-state index < -0.39 is 0 Å². The monoisotopic (exact) mass is 257 g/mol. The lowest BCUT2D eigenvalue weighted by Crippen LogP contribution is -2.27. The summed E-state index contributed by atoms with van der Waals surface area (Å²) in [6.07, 6.45) is 3.16. The fraction of sp³-hybridized carbons (Fsp3) is 0.700. The predicted molar refractivity (Wildman–Crippen MR) is 66.2 cm³/mol. The molecule has 0 spiro atoms. The summed E-state index contributed by atoms with van der Waals surface area (Å²) in [6.45, 7) is 0.190. The molecule has 1 fully saturated rings. The summed E-state index contributed by atoms with van der Waals surface area (Å²) in [5.74, 6) is 1.16. The number of anilines is 2. The summed E-state index contributed by atoms with van der Waals surface area (Å²) in [6, 6.07) is 0.211. The zero-order valence-corrected chi connectivity index (χ0v) is 10.4. The average molecular weight is 258 g/mol. The lowest BCUT2D eigenvalue weighted by molar-refractivity contribution is 0.222. The largest absolute Gasteiger partial charge is 0.396 e. The van der Waals surface area contributed by atoms with Crippen molar-refractivity contribution >= 4 is 23.5 Å². The molecule has 0 aliphatic heterocycles. The zero-order valence-electron chi connectivity index (χ0n) is 9.65. The van der Waals surface area contributed by atoms with Crippen molar-refractivity contribution in [1.82, 2.24) is 15.0 Å². The maximum atomic E-state index is 9.24. The third-order valence-corrected chi connectivity index (χ3v) is 3.21. The molecule has 3 N–H and O–H groups in total. The van der Waals surface area contributed by atoms with Gasteiger partial charge in [0, 0.05) is 25.6 Å². The van der Waals surface area contributed by atoms with Gasteiger partial charge < -0.3 is 15.7 Å². The van der Waals surface area contributed by atoms with Crippen molar-refractivity contribution in [3.05, 3.63) is 5.28 Å². The third-order valence-electron chi connectivity index (χ3n) is 3.04. The number of hydrogen-bond donors (Lipinski definition) is 3. The lowest BCUT2D eigenvalue weighted by Gasteiger charge is -2.18. The van der Waals surface area contributed by atoms with Gasteiger partial charge in [-0.2, -0.15) is 15.0 Å². The van der Waals surface area contributed by atoms with Gasteiger partial charge in [0.15, 0.2) is 0 Å². The van der Waals surface area contributed by atoms with E-state index >= 15 is 0 Å². The second-order valence-electron chi connectivity index (χ2n) is 4.13. The molecule has 0 radical (unpaired) electrons. The molecule has 2 atom stereocenters.